The van der Waals surface area contributed by atoms with Gasteiger partial charge in [0, 0.05) is 50.5 Å². The van der Waals surface area contributed by atoms with Crippen molar-refractivity contribution in [2.24, 2.45) is 0 Å². The molecule has 32 heavy (non-hydrogen) atoms. The summed E-state index contributed by atoms with van der Waals surface area (Å²) in [5.74, 6) is -0.314. The van der Waals surface area contributed by atoms with E-state index in [1.807, 2.05) is 24.3 Å². The van der Waals surface area contributed by atoms with Crippen LogP contribution in [0, 0.1) is 5.82 Å². The molecule has 1 amide bonds. The molecule has 9 heteroatoms. The molecule has 0 N–H and O–H groups in total. The Morgan fingerprint density at radius 1 is 0.906 bits per heavy atom. The Hall–Kier alpha value is -2.65. The van der Waals surface area contributed by atoms with E-state index in [2.05, 4.69) is 4.90 Å². The van der Waals surface area contributed by atoms with Gasteiger partial charge in [0.15, 0.2) is 0 Å². The number of hydrogen-bond acceptors (Lipinski definition) is 5. The van der Waals surface area contributed by atoms with Crippen LogP contribution in [0.25, 0.3) is 0 Å². The van der Waals surface area contributed by atoms with E-state index in [0.29, 0.717) is 32.7 Å². The van der Waals surface area contributed by atoms with Gasteiger partial charge in [0.1, 0.15) is 16.5 Å². The number of carbonyl (C=O) groups excluding carboxylic acids is 1. The van der Waals surface area contributed by atoms with E-state index in [0.717, 1.165) is 43.3 Å². The molecule has 2 saturated heterocycles. The first-order valence-electron chi connectivity index (χ1n) is 10.9. The van der Waals surface area contributed by atoms with E-state index < -0.39 is 20.7 Å². The molecule has 0 bridgehead atoms. The third kappa shape index (κ3) is 4.59. The van der Waals surface area contributed by atoms with Crippen LogP contribution in [0.5, 0.6) is 5.75 Å². The lowest BCUT2D eigenvalue weighted by atomic mass is 10.2. The van der Waals surface area contributed by atoms with Gasteiger partial charge in [0.2, 0.25) is 10.0 Å². The molecule has 0 unspecified atom stereocenters. The molecule has 2 heterocycles. The highest BCUT2D eigenvalue weighted by Crippen LogP contribution is 2.25. The minimum atomic E-state index is -3.94. The smallest absolute Gasteiger partial charge is 0.253 e. The van der Waals surface area contributed by atoms with E-state index in [4.69, 9.17) is 4.74 Å². The fourth-order valence-corrected chi connectivity index (χ4v) is 5.86. The van der Waals surface area contributed by atoms with E-state index in [9.17, 15) is 17.6 Å². The normalized spacial score (nSPS) is 17.9. The Kier molecular flexibility index (Phi) is 6.66. The average Bonchev–Trinajstić information content (AvgIpc) is 3.25. The number of sulfonamides is 1. The van der Waals surface area contributed by atoms with Gasteiger partial charge in [-0.3, -0.25) is 4.79 Å². The number of anilines is 1. The standard InChI is InChI=1S/C23H28FN3O4S/c1-31-20-8-6-19(7-9-20)25-11-4-12-26(16-15-25)23(28)18-5-10-21(24)22(17-18)32(29,30)27-13-2-3-14-27/h5-10,17H,2-4,11-16H2,1H3. The average molecular weight is 462 g/mol. The van der Waals surface area contributed by atoms with Gasteiger partial charge in [0.05, 0.1) is 7.11 Å². The quantitative estimate of drug-likeness (QED) is 0.685. The predicted molar refractivity (Wildman–Crippen MR) is 120 cm³/mol. The summed E-state index contributed by atoms with van der Waals surface area (Å²) in [4.78, 5) is 16.7. The molecule has 2 aliphatic heterocycles. The van der Waals surface area contributed by atoms with E-state index in [1.165, 1.54) is 16.4 Å². The second-order valence-corrected chi connectivity index (χ2v) is 9.99. The van der Waals surface area contributed by atoms with Gasteiger partial charge in [-0.05, 0) is 61.7 Å². The maximum absolute atomic E-state index is 14.4. The lowest BCUT2D eigenvalue weighted by molar-refractivity contribution is 0.0766. The van der Waals surface area contributed by atoms with Gasteiger partial charge in [-0.1, -0.05) is 0 Å². The lowest BCUT2D eigenvalue weighted by Crippen LogP contribution is -2.35. The predicted octanol–water partition coefficient (Wildman–Crippen LogP) is 2.97. The highest BCUT2D eigenvalue weighted by molar-refractivity contribution is 7.89. The summed E-state index contributed by atoms with van der Waals surface area (Å²) in [7, 11) is -2.32. The molecule has 0 saturated carbocycles. The zero-order valence-electron chi connectivity index (χ0n) is 18.2. The van der Waals surface area contributed by atoms with E-state index in [-0.39, 0.29) is 11.5 Å². The number of nitrogens with zero attached hydrogens (tertiary/aromatic N) is 3. The summed E-state index contributed by atoms with van der Waals surface area (Å²) >= 11 is 0. The molecule has 2 aromatic rings. The van der Waals surface area contributed by atoms with Crippen LogP contribution >= 0.6 is 0 Å². The second kappa shape index (κ2) is 9.46. The third-order valence-electron chi connectivity index (χ3n) is 6.08. The fraction of sp³-hybridized carbons (Fsp3) is 0.435. The molecule has 0 spiro atoms. The van der Waals surface area contributed by atoms with Crippen LogP contribution in [0.4, 0.5) is 10.1 Å². The molecule has 0 radical (unpaired) electrons. The Bertz CT molecular complexity index is 1070. The van der Waals surface area contributed by atoms with Crippen LogP contribution < -0.4 is 9.64 Å². The van der Waals surface area contributed by atoms with Gasteiger partial charge in [-0.15, -0.1) is 0 Å². The van der Waals surface area contributed by atoms with Crippen molar-refractivity contribution in [1.29, 1.82) is 0 Å². The van der Waals surface area contributed by atoms with Crippen LogP contribution in [0.1, 0.15) is 29.6 Å². The molecule has 0 aliphatic carbocycles. The number of benzene rings is 2. The van der Waals surface area contributed by atoms with Crippen LogP contribution in [0.3, 0.4) is 0 Å². The monoisotopic (exact) mass is 461 g/mol. The second-order valence-electron chi connectivity index (χ2n) is 8.09. The van der Waals surface area contributed by atoms with Gasteiger partial charge >= 0.3 is 0 Å². The number of carbonyl (C=O) groups is 1. The minimum Gasteiger partial charge on any atom is -0.497 e. The zero-order valence-corrected chi connectivity index (χ0v) is 19.0. The van der Waals surface area contributed by atoms with Gasteiger partial charge < -0.3 is 14.5 Å². The van der Waals surface area contributed by atoms with E-state index in [1.54, 1.807) is 12.0 Å². The van der Waals surface area contributed by atoms with Crippen molar-refractivity contribution in [3.8, 4) is 5.75 Å². The summed E-state index contributed by atoms with van der Waals surface area (Å²) in [6.07, 6.45) is 2.30. The first kappa shape index (κ1) is 22.5. The number of halogens is 1. The van der Waals surface area contributed by atoms with Gasteiger partial charge in [-0.25, -0.2) is 12.8 Å². The summed E-state index contributed by atoms with van der Waals surface area (Å²) < 4.78 is 46.6. The molecule has 4 rings (SSSR count). The molecule has 2 aromatic carbocycles. The first-order chi connectivity index (χ1) is 15.4. The number of methoxy groups -OCH3 is 1. The van der Waals surface area contributed by atoms with Crippen LogP contribution in [0.2, 0.25) is 0 Å². The largest absolute Gasteiger partial charge is 0.497 e. The van der Waals surface area contributed by atoms with Crippen molar-refractivity contribution in [3.05, 3.63) is 53.8 Å². The van der Waals surface area contributed by atoms with Crippen molar-refractivity contribution in [1.82, 2.24) is 9.21 Å². The Balaban J connectivity index is 1.49. The fourth-order valence-electron chi connectivity index (χ4n) is 4.26. The molecule has 0 atom stereocenters. The third-order valence-corrected chi connectivity index (χ3v) is 8.00. The highest BCUT2D eigenvalue weighted by Gasteiger charge is 2.31. The van der Waals surface area contributed by atoms with Crippen LogP contribution in [-0.2, 0) is 10.0 Å². The Morgan fingerprint density at radius 3 is 2.31 bits per heavy atom. The molecule has 2 aliphatic rings. The molecular weight excluding hydrogens is 433 g/mol. The first-order valence-corrected chi connectivity index (χ1v) is 12.3. The molecule has 2 fully saturated rings. The van der Waals surface area contributed by atoms with Crippen molar-refractivity contribution in [3.63, 3.8) is 0 Å². The molecule has 0 aromatic heterocycles. The maximum Gasteiger partial charge on any atom is 0.253 e. The van der Waals surface area contributed by atoms with Crippen molar-refractivity contribution in [2.75, 3.05) is 51.3 Å². The Morgan fingerprint density at radius 2 is 1.62 bits per heavy atom. The van der Waals surface area contributed by atoms with E-state index >= 15 is 0 Å². The number of amides is 1. The van der Waals surface area contributed by atoms with Crippen molar-refractivity contribution >= 4 is 21.6 Å². The Labute approximate surface area is 188 Å². The topological polar surface area (TPSA) is 70.2 Å². The van der Waals surface area contributed by atoms with Crippen LogP contribution in [-0.4, -0.2) is 69.9 Å². The number of ether oxygens (including phenoxy) is 1. The maximum atomic E-state index is 14.4. The summed E-state index contributed by atoms with van der Waals surface area (Å²) in [5.41, 5.74) is 1.25. The summed E-state index contributed by atoms with van der Waals surface area (Å²) in [6, 6.07) is 11.4. The highest BCUT2D eigenvalue weighted by atomic mass is 32.2. The van der Waals surface area contributed by atoms with Gasteiger partial charge in [0.25, 0.3) is 5.91 Å². The molecule has 7 nitrogen and oxygen atoms in total. The summed E-state index contributed by atoms with van der Waals surface area (Å²) in [6.45, 7) is 3.26. The van der Waals surface area contributed by atoms with Gasteiger partial charge in [-0.2, -0.15) is 4.31 Å². The van der Waals surface area contributed by atoms with Crippen molar-refractivity contribution < 1.29 is 22.3 Å². The van der Waals surface area contributed by atoms with Crippen molar-refractivity contribution in [2.45, 2.75) is 24.2 Å². The SMILES string of the molecule is COc1ccc(N2CCCN(C(=O)c3ccc(F)c(S(=O)(=O)N4CCCC4)c3)CC2)cc1. The molecular formula is C23H28FN3O4S. The lowest BCUT2D eigenvalue weighted by Gasteiger charge is -2.24. The summed E-state index contributed by atoms with van der Waals surface area (Å²) in [5, 5.41) is 0. The zero-order chi connectivity index (χ0) is 22.7. The minimum absolute atomic E-state index is 0.196. The molecule has 172 valence electrons. The van der Waals surface area contributed by atoms with Crippen LogP contribution in [0.15, 0.2) is 47.4 Å². The number of rotatable bonds is 5. The number of hydrogen-bond donors (Lipinski definition) is 0.